The molecule has 0 aromatic carbocycles. The normalized spacial score (nSPS) is 9.31. The molecule has 0 aliphatic carbocycles. The van der Waals surface area contributed by atoms with Crippen molar-refractivity contribution >= 4 is 17.8 Å². The van der Waals surface area contributed by atoms with Gasteiger partial charge in [0, 0.05) is 12.0 Å². The Morgan fingerprint density at radius 3 is 2.50 bits per heavy atom. The third-order valence-electron chi connectivity index (χ3n) is 1.57. The standard InChI is InChI=1S/C10H15NO5/c1-7(2)10(15)16-5-3-4-8(12)11-6-9(13)14/h1,3-6H2,2H3,(H,11,12)(H,13,14). The average molecular weight is 229 g/mol. The number of carbonyl (C=O) groups is 3. The van der Waals surface area contributed by atoms with E-state index in [2.05, 4.69) is 11.9 Å². The van der Waals surface area contributed by atoms with Crippen LogP contribution in [0.1, 0.15) is 19.8 Å². The zero-order valence-electron chi connectivity index (χ0n) is 9.12. The van der Waals surface area contributed by atoms with E-state index in [0.717, 1.165) is 0 Å². The summed E-state index contributed by atoms with van der Waals surface area (Å²) in [7, 11) is 0. The molecule has 0 aliphatic rings. The number of carboxylic acid groups (broad SMARTS) is 1. The second-order valence-corrected chi connectivity index (χ2v) is 3.19. The molecular formula is C10H15NO5. The van der Waals surface area contributed by atoms with E-state index in [1.807, 2.05) is 0 Å². The number of aliphatic carboxylic acids is 1. The van der Waals surface area contributed by atoms with Crippen LogP contribution in [0.2, 0.25) is 0 Å². The zero-order valence-corrected chi connectivity index (χ0v) is 9.12. The number of carboxylic acids is 1. The van der Waals surface area contributed by atoms with Gasteiger partial charge in [0.15, 0.2) is 0 Å². The van der Waals surface area contributed by atoms with Gasteiger partial charge in [-0.15, -0.1) is 0 Å². The highest BCUT2D eigenvalue weighted by molar-refractivity contribution is 5.87. The summed E-state index contributed by atoms with van der Waals surface area (Å²) in [5, 5.41) is 10.5. The van der Waals surface area contributed by atoms with Gasteiger partial charge in [0.1, 0.15) is 6.54 Å². The smallest absolute Gasteiger partial charge is 0.333 e. The monoisotopic (exact) mass is 229 g/mol. The van der Waals surface area contributed by atoms with Crippen molar-refractivity contribution in [3.8, 4) is 0 Å². The van der Waals surface area contributed by atoms with Gasteiger partial charge in [-0.25, -0.2) is 4.79 Å². The van der Waals surface area contributed by atoms with Crippen LogP contribution in [0, 0.1) is 0 Å². The quantitative estimate of drug-likeness (QED) is 0.366. The summed E-state index contributed by atoms with van der Waals surface area (Å²) >= 11 is 0. The van der Waals surface area contributed by atoms with Crippen molar-refractivity contribution in [3.63, 3.8) is 0 Å². The molecule has 0 saturated heterocycles. The lowest BCUT2D eigenvalue weighted by Gasteiger charge is -2.04. The predicted octanol–water partition coefficient (Wildman–Crippen LogP) is 0.0867. The third kappa shape index (κ3) is 7.54. The Bertz CT molecular complexity index is 298. The van der Waals surface area contributed by atoms with Crippen molar-refractivity contribution in [1.82, 2.24) is 5.32 Å². The molecule has 2 N–H and O–H groups in total. The van der Waals surface area contributed by atoms with Crippen LogP contribution in [0.5, 0.6) is 0 Å². The highest BCUT2D eigenvalue weighted by atomic mass is 16.5. The Kier molecular flexibility index (Phi) is 6.58. The molecule has 6 heteroatoms. The maximum atomic E-state index is 11.0. The lowest BCUT2D eigenvalue weighted by Crippen LogP contribution is -2.29. The Morgan fingerprint density at radius 1 is 1.38 bits per heavy atom. The molecule has 0 aromatic heterocycles. The van der Waals surface area contributed by atoms with Crippen molar-refractivity contribution in [2.75, 3.05) is 13.2 Å². The summed E-state index contributed by atoms with van der Waals surface area (Å²) in [6, 6.07) is 0. The van der Waals surface area contributed by atoms with Crippen LogP contribution in [0.15, 0.2) is 12.2 Å². The van der Waals surface area contributed by atoms with Crippen molar-refractivity contribution < 1.29 is 24.2 Å². The average Bonchev–Trinajstić information content (AvgIpc) is 2.20. The second-order valence-electron chi connectivity index (χ2n) is 3.19. The van der Waals surface area contributed by atoms with Gasteiger partial charge in [0.2, 0.25) is 5.91 Å². The van der Waals surface area contributed by atoms with E-state index in [1.165, 1.54) is 6.92 Å². The van der Waals surface area contributed by atoms with E-state index in [-0.39, 0.29) is 18.9 Å². The molecule has 1 amide bonds. The van der Waals surface area contributed by atoms with E-state index in [4.69, 9.17) is 9.84 Å². The van der Waals surface area contributed by atoms with E-state index in [9.17, 15) is 14.4 Å². The molecular weight excluding hydrogens is 214 g/mol. The summed E-state index contributed by atoms with van der Waals surface area (Å²) in [6.45, 7) is 4.65. The molecule has 0 unspecified atom stereocenters. The molecule has 0 heterocycles. The number of esters is 1. The van der Waals surface area contributed by atoms with Gasteiger partial charge in [0.25, 0.3) is 0 Å². The van der Waals surface area contributed by atoms with Gasteiger partial charge in [-0.1, -0.05) is 6.58 Å². The summed E-state index contributed by atoms with van der Waals surface area (Å²) in [6.07, 6.45) is 0.473. The molecule has 0 rings (SSSR count). The Hall–Kier alpha value is -1.85. The highest BCUT2D eigenvalue weighted by Crippen LogP contribution is 1.95. The second kappa shape index (κ2) is 7.44. The van der Waals surface area contributed by atoms with Gasteiger partial charge in [-0.3, -0.25) is 9.59 Å². The third-order valence-corrected chi connectivity index (χ3v) is 1.57. The van der Waals surface area contributed by atoms with Gasteiger partial charge >= 0.3 is 11.9 Å². The summed E-state index contributed by atoms with van der Waals surface area (Å²) < 4.78 is 4.74. The predicted molar refractivity (Wildman–Crippen MR) is 55.7 cm³/mol. The van der Waals surface area contributed by atoms with Crippen molar-refractivity contribution in [2.24, 2.45) is 0 Å². The van der Waals surface area contributed by atoms with E-state index in [0.29, 0.717) is 12.0 Å². The van der Waals surface area contributed by atoms with Crippen LogP contribution < -0.4 is 5.32 Å². The molecule has 0 saturated carbocycles. The van der Waals surface area contributed by atoms with Crippen LogP contribution in [0.4, 0.5) is 0 Å². The number of amides is 1. The minimum atomic E-state index is -1.10. The highest BCUT2D eigenvalue weighted by Gasteiger charge is 2.05. The number of ether oxygens (including phenoxy) is 1. The fourth-order valence-electron chi connectivity index (χ4n) is 0.783. The van der Waals surface area contributed by atoms with E-state index >= 15 is 0 Å². The molecule has 0 aromatic rings. The number of hydrogen-bond donors (Lipinski definition) is 2. The van der Waals surface area contributed by atoms with Gasteiger partial charge in [-0.2, -0.15) is 0 Å². The van der Waals surface area contributed by atoms with Crippen LogP contribution in [-0.4, -0.2) is 36.1 Å². The summed E-state index contributed by atoms with van der Waals surface area (Å²) in [4.78, 5) is 32.0. The topological polar surface area (TPSA) is 92.7 Å². The minimum Gasteiger partial charge on any atom is -0.480 e. The molecule has 0 fully saturated rings. The van der Waals surface area contributed by atoms with E-state index in [1.54, 1.807) is 0 Å². The lowest BCUT2D eigenvalue weighted by molar-refractivity contribution is -0.139. The number of rotatable bonds is 7. The first kappa shape index (κ1) is 14.2. The van der Waals surface area contributed by atoms with Crippen LogP contribution in [-0.2, 0) is 19.1 Å². The van der Waals surface area contributed by atoms with Crippen LogP contribution in [0.25, 0.3) is 0 Å². The van der Waals surface area contributed by atoms with E-state index < -0.39 is 18.5 Å². The Labute approximate surface area is 93.3 Å². The molecule has 0 aliphatic heterocycles. The molecule has 6 nitrogen and oxygen atoms in total. The molecule has 16 heavy (non-hydrogen) atoms. The fourth-order valence-corrected chi connectivity index (χ4v) is 0.783. The molecule has 0 spiro atoms. The Balaban J connectivity index is 3.52. The van der Waals surface area contributed by atoms with Crippen molar-refractivity contribution in [3.05, 3.63) is 12.2 Å². The molecule has 0 bridgehead atoms. The summed E-state index contributed by atoms with van der Waals surface area (Å²) in [5.74, 6) is -1.97. The number of carbonyl (C=O) groups excluding carboxylic acids is 2. The maximum absolute atomic E-state index is 11.0. The maximum Gasteiger partial charge on any atom is 0.333 e. The molecule has 0 atom stereocenters. The SMILES string of the molecule is C=C(C)C(=O)OCCCC(=O)NCC(=O)O. The van der Waals surface area contributed by atoms with Gasteiger partial charge in [0.05, 0.1) is 6.61 Å². The first-order valence-corrected chi connectivity index (χ1v) is 4.74. The minimum absolute atomic E-state index is 0.117. The first-order valence-electron chi connectivity index (χ1n) is 4.74. The largest absolute Gasteiger partial charge is 0.480 e. The molecule has 0 radical (unpaired) electrons. The Morgan fingerprint density at radius 2 is 2.00 bits per heavy atom. The lowest BCUT2D eigenvalue weighted by atomic mass is 10.3. The zero-order chi connectivity index (χ0) is 12.6. The number of hydrogen-bond acceptors (Lipinski definition) is 4. The summed E-state index contributed by atoms with van der Waals surface area (Å²) in [5.41, 5.74) is 0.301. The van der Waals surface area contributed by atoms with Crippen LogP contribution >= 0.6 is 0 Å². The van der Waals surface area contributed by atoms with Gasteiger partial charge in [-0.05, 0) is 13.3 Å². The number of nitrogens with one attached hydrogen (secondary N) is 1. The van der Waals surface area contributed by atoms with Crippen molar-refractivity contribution in [1.29, 1.82) is 0 Å². The van der Waals surface area contributed by atoms with Gasteiger partial charge < -0.3 is 15.2 Å². The van der Waals surface area contributed by atoms with Crippen LogP contribution in [0.3, 0.4) is 0 Å². The molecule has 90 valence electrons. The first-order chi connectivity index (χ1) is 7.43. The fraction of sp³-hybridized carbons (Fsp3) is 0.500. The van der Waals surface area contributed by atoms with Crippen molar-refractivity contribution in [2.45, 2.75) is 19.8 Å².